The van der Waals surface area contributed by atoms with E-state index in [1.165, 1.54) is 6.07 Å². The Morgan fingerprint density at radius 3 is 2.26 bits per heavy atom. The van der Waals surface area contributed by atoms with Crippen molar-refractivity contribution in [1.29, 1.82) is 0 Å². The number of phenolic OH excluding ortho intramolecular Hbond substituents is 1. The molecule has 0 spiro atoms. The van der Waals surface area contributed by atoms with E-state index in [1.54, 1.807) is 41.0 Å². The zero-order chi connectivity index (χ0) is 30.5. The highest BCUT2D eigenvalue weighted by atomic mass is 19.1. The Labute approximate surface area is 253 Å². The minimum absolute atomic E-state index is 0.0682. The first kappa shape index (κ1) is 30.5. The van der Waals surface area contributed by atoms with Gasteiger partial charge in [0.15, 0.2) is 0 Å². The summed E-state index contributed by atoms with van der Waals surface area (Å²) in [6.07, 6.45) is -0.343. The van der Waals surface area contributed by atoms with Gasteiger partial charge in [-0.05, 0) is 73.9 Å². The number of benzene rings is 3. The molecule has 1 unspecified atom stereocenters. The maximum absolute atomic E-state index is 13.9. The number of halogens is 1. The van der Waals surface area contributed by atoms with Gasteiger partial charge in [0.1, 0.15) is 11.6 Å². The molecule has 2 amide bonds. The summed E-state index contributed by atoms with van der Waals surface area (Å²) in [6, 6.07) is 22.0. The van der Waals surface area contributed by atoms with Gasteiger partial charge in [0.05, 0.1) is 12.6 Å². The third kappa shape index (κ3) is 7.17. The number of nitrogens with zero attached hydrogens (tertiary/aromatic N) is 4. The Bertz CT molecular complexity index is 1430. The predicted molar refractivity (Wildman–Crippen MR) is 163 cm³/mol. The molecule has 0 aromatic heterocycles. The second-order valence-corrected chi connectivity index (χ2v) is 11.6. The van der Waals surface area contributed by atoms with Gasteiger partial charge >= 0.3 is 6.09 Å². The van der Waals surface area contributed by atoms with Gasteiger partial charge in [-0.15, -0.1) is 0 Å². The molecule has 0 bridgehead atoms. The number of hydrogen-bond donors (Lipinski definition) is 1. The number of piperazine rings is 2. The van der Waals surface area contributed by atoms with Crippen LogP contribution in [0, 0.1) is 5.82 Å². The number of phenols is 1. The van der Waals surface area contributed by atoms with Crippen LogP contribution in [0.5, 0.6) is 5.75 Å². The van der Waals surface area contributed by atoms with Gasteiger partial charge in [0.25, 0.3) is 5.91 Å². The Kier molecular flexibility index (Phi) is 9.62. The molecule has 0 saturated carbocycles. The summed E-state index contributed by atoms with van der Waals surface area (Å²) in [5.41, 5.74) is 3.47. The third-order valence-electron chi connectivity index (χ3n) is 8.50. The van der Waals surface area contributed by atoms with Crippen molar-refractivity contribution in [2.24, 2.45) is 0 Å². The monoisotopic (exact) mass is 588 g/mol. The van der Waals surface area contributed by atoms with E-state index in [1.807, 2.05) is 42.5 Å². The van der Waals surface area contributed by atoms with Crippen LogP contribution in [0.3, 0.4) is 0 Å². The number of amides is 2. The fraction of sp³-hybridized carbons (Fsp3) is 0.412. The van der Waals surface area contributed by atoms with Gasteiger partial charge in [-0.25, -0.2) is 9.18 Å². The predicted octanol–water partition coefficient (Wildman–Crippen LogP) is 5.13. The first-order chi connectivity index (χ1) is 20.7. The van der Waals surface area contributed by atoms with E-state index in [4.69, 9.17) is 4.74 Å². The molecule has 43 heavy (non-hydrogen) atoms. The molecule has 9 heteroatoms. The van der Waals surface area contributed by atoms with E-state index in [-0.39, 0.29) is 41.7 Å². The second kappa shape index (κ2) is 13.6. The highest BCUT2D eigenvalue weighted by Gasteiger charge is 2.35. The summed E-state index contributed by atoms with van der Waals surface area (Å²) in [5.74, 6) is -0.0999. The molecule has 2 heterocycles. The summed E-state index contributed by atoms with van der Waals surface area (Å²) in [6.45, 7) is 10.5. The highest BCUT2D eigenvalue weighted by Crippen LogP contribution is 2.35. The van der Waals surface area contributed by atoms with Crippen LogP contribution in [-0.4, -0.2) is 94.7 Å². The number of ether oxygens (including phenoxy) is 1. The second-order valence-electron chi connectivity index (χ2n) is 11.6. The average Bonchev–Trinajstić information content (AvgIpc) is 3.00. The molecular formula is C34H41FN4O4. The molecule has 0 radical (unpaired) electrons. The molecule has 3 atom stereocenters. The van der Waals surface area contributed by atoms with Crippen molar-refractivity contribution in [3.63, 3.8) is 0 Å². The molecule has 2 saturated heterocycles. The first-order valence-electron chi connectivity index (χ1n) is 15.1. The first-order valence-corrected chi connectivity index (χ1v) is 15.1. The normalized spacial score (nSPS) is 20.6. The van der Waals surface area contributed by atoms with Crippen molar-refractivity contribution in [2.75, 3.05) is 45.9 Å². The van der Waals surface area contributed by atoms with Crippen molar-refractivity contribution >= 4 is 12.0 Å². The molecule has 3 aromatic carbocycles. The van der Waals surface area contributed by atoms with Crippen LogP contribution >= 0.6 is 0 Å². The van der Waals surface area contributed by atoms with Crippen molar-refractivity contribution < 1.29 is 23.8 Å². The highest BCUT2D eigenvalue weighted by molar-refractivity contribution is 5.94. The van der Waals surface area contributed by atoms with Crippen LogP contribution in [0.15, 0.2) is 72.8 Å². The Balaban J connectivity index is 1.37. The van der Waals surface area contributed by atoms with Gasteiger partial charge in [-0.3, -0.25) is 14.6 Å². The largest absolute Gasteiger partial charge is 0.508 e. The standard InChI is InChI=1S/C34H41FN4O4/c1-4-43-34(42)37-16-14-36(15-17-37)33(41)29-11-6-9-27(19-29)32(28-10-7-13-31(40)20-28)39-22-24(2)38(21-25(39)3)23-26-8-5-12-30(35)18-26/h5-13,18-20,24-25,32,40H,4,14-17,21-23H2,1-3H3/t24-,25-,32?/m1/s1. The van der Waals surface area contributed by atoms with E-state index in [0.717, 1.165) is 29.8 Å². The molecule has 2 aliphatic rings. The molecule has 0 aliphatic carbocycles. The Morgan fingerprint density at radius 2 is 1.56 bits per heavy atom. The average molecular weight is 589 g/mol. The van der Waals surface area contributed by atoms with Crippen LogP contribution < -0.4 is 0 Å². The van der Waals surface area contributed by atoms with Crippen LogP contribution in [-0.2, 0) is 11.3 Å². The van der Waals surface area contributed by atoms with Crippen molar-refractivity contribution in [2.45, 2.75) is 45.4 Å². The minimum atomic E-state index is -0.343. The number of carbonyl (C=O) groups is 2. The fourth-order valence-corrected chi connectivity index (χ4v) is 6.28. The SMILES string of the molecule is CCOC(=O)N1CCN(C(=O)c2cccc(C(c3cccc(O)c3)N3C[C@@H](C)N(Cc4cccc(F)c4)C[C@H]3C)c2)CC1. The topological polar surface area (TPSA) is 76.6 Å². The third-order valence-corrected chi connectivity index (χ3v) is 8.50. The van der Waals surface area contributed by atoms with E-state index in [0.29, 0.717) is 44.9 Å². The smallest absolute Gasteiger partial charge is 0.409 e. The minimum Gasteiger partial charge on any atom is -0.508 e. The molecular weight excluding hydrogens is 547 g/mol. The molecule has 8 nitrogen and oxygen atoms in total. The number of aromatic hydroxyl groups is 1. The summed E-state index contributed by atoms with van der Waals surface area (Å²) in [7, 11) is 0. The fourth-order valence-electron chi connectivity index (χ4n) is 6.28. The van der Waals surface area contributed by atoms with Crippen molar-refractivity contribution in [1.82, 2.24) is 19.6 Å². The van der Waals surface area contributed by atoms with Crippen molar-refractivity contribution in [3.05, 3.63) is 101 Å². The maximum Gasteiger partial charge on any atom is 0.409 e. The van der Waals surface area contributed by atoms with E-state index in [9.17, 15) is 19.1 Å². The van der Waals surface area contributed by atoms with Crippen LogP contribution in [0.2, 0.25) is 0 Å². The lowest BCUT2D eigenvalue weighted by atomic mass is 9.92. The van der Waals surface area contributed by atoms with E-state index >= 15 is 0 Å². The Morgan fingerprint density at radius 1 is 0.884 bits per heavy atom. The maximum atomic E-state index is 13.9. The lowest BCUT2D eigenvalue weighted by molar-refractivity contribution is 0.0194. The number of hydrogen-bond acceptors (Lipinski definition) is 6. The summed E-state index contributed by atoms with van der Waals surface area (Å²) in [4.78, 5) is 33.9. The van der Waals surface area contributed by atoms with Crippen LogP contribution in [0.4, 0.5) is 9.18 Å². The Hall–Kier alpha value is -3.95. The zero-order valence-corrected chi connectivity index (χ0v) is 25.2. The molecule has 3 aromatic rings. The van der Waals surface area contributed by atoms with Gasteiger partial charge in [0.2, 0.25) is 0 Å². The lowest BCUT2D eigenvalue weighted by Gasteiger charge is -2.47. The van der Waals surface area contributed by atoms with Crippen molar-refractivity contribution in [3.8, 4) is 5.75 Å². The van der Waals surface area contributed by atoms with Gasteiger partial charge in [0, 0.05) is 63.5 Å². The van der Waals surface area contributed by atoms with E-state index < -0.39 is 0 Å². The number of rotatable bonds is 7. The van der Waals surface area contributed by atoms with Crippen LogP contribution in [0.25, 0.3) is 0 Å². The number of carbonyl (C=O) groups excluding carboxylic acids is 2. The summed E-state index contributed by atoms with van der Waals surface area (Å²) in [5, 5.41) is 10.4. The molecule has 5 rings (SSSR count). The van der Waals surface area contributed by atoms with Gasteiger partial charge in [-0.2, -0.15) is 0 Å². The molecule has 1 N–H and O–H groups in total. The quantitative estimate of drug-likeness (QED) is 0.413. The van der Waals surface area contributed by atoms with Gasteiger partial charge < -0.3 is 19.6 Å². The molecule has 228 valence electrons. The van der Waals surface area contributed by atoms with E-state index in [2.05, 4.69) is 23.6 Å². The van der Waals surface area contributed by atoms with Gasteiger partial charge in [-0.1, -0.05) is 36.4 Å². The zero-order valence-electron chi connectivity index (χ0n) is 25.2. The summed E-state index contributed by atoms with van der Waals surface area (Å²) < 4.78 is 19.0. The lowest BCUT2D eigenvalue weighted by Crippen LogP contribution is -2.56. The van der Waals surface area contributed by atoms with Crippen LogP contribution in [0.1, 0.15) is 53.9 Å². The summed E-state index contributed by atoms with van der Waals surface area (Å²) >= 11 is 0. The molecule has 2 aliphatic heterocycles. The molecule has 2 fully saturated rings.